The van der Waals surface area contributed by atoms with Gasteiger partial charge in [0.25, 0.3) is 11.8 Å². The quantitative estimate of drug-likeness (QED) is 0.518. The molecule has 1 unspecified atom stereocenters. The molecule has 33 heavy (non-hydrogen) atoms. The molecule has 2 amide bonds. The lowest BCUT2D eigenvalue weighted by molar-refractivity contribution is 0.0787. The zero-order valence-corrected chi connectivity index (χ0v) is 19.3. The van der Waals surface area contributed by atoms with Crippen LogP contribution in [-0.2, 0) is 0 Å². The van der Waals surface area contributed by atoms with Crippen LogP contribution in [0, 0.1) is 19.8 Å². The van der Waals surface area contributed by atoms with E-state index < -0.39 is 0 Å². The first kappa shape index (κ1) is 21.1. The number of rotatable bonds is 4. The van der Waals surface area contributed by atoms with Gasteiger partial charge in [-0.3, -0.25) is 9.59 Å². The normalized spacial score (nSPS) is 16.0. The Kier molecular flexibility index (Phi) is 5.08. The molecule has 1 saturated heterocycles. The number of likely N-dealkylation sites (tertiary alicyclic amines) is 1. The van der Waals surface area contributed by atoms with Crippen LogP contribution < -0.4 is 10.1 Å². The van der Waals surface area contributed by atoms with E-state index in [4.69, 9.17) is 4.74 Å². The number of carbonyl (C=O) groups excluding carboxylic acids is 2. The van der Waals surface area contributed by atoms with Crippen LogP contribution in [0.25, 0.3) is 11.0 Å². The molecule has 0 radical (unpaired) electrons. The minimum atomic E-state index is -0.134. The number of carbonyl (C=O) groups is 2. The van der Waals surface area contributed by atoms with E-state index in [2.05, 4.69) is 17.3 Å². The topological polar surface area (TPSA) is 80.3 Å². The van der Waals surface area contributed by atoms with Gasteiger partial charge in [0.1, 0.15) is 17.0 Å². The molecule has 0 saturated carbocycles. The summed E-state index contributed by atoms with van der Waals surface area (Å²) in [4.78, 5) is 27.3. The van der Waals surface area contributed by atoms with Gasteiger partial charge in [0.2, 0.25) is 0 Å². The van der Waals surface area contributed by atoms with Crippen LogP contribution in [0.2, 0.25) is 0 Å². The highest BCUT2D eigenvalue weighted by Crippen LogP contribution is 2.32. The highest BCUT2D eigenvalue weighted by Gasteiger charge is 2.27. The van der Waals surface area contributed by atoms with Crippen molar-refractivity contribution in [2.45, 2.75) is 27.2 Å². The molecule has 1 N–H and O–H groups in total. The maximum absolute atomic E-state index is 13.1. The monoisotopic (exact) mass is 445 g/mol. The average Bonchev–Trinajstić information content (AvgIpc) is 3.47. The predicted octanol–water partition coefficient (Wildman–Crippen LogP) is 3.84. The first-order valence-corrected chi connectivity index (χ1v) is 11.1. The fraction of sp³-hybridized carbons (Fsp3) is 0.320. The summed E-state index contributed by atoms with van der Waals surface area (Å²) < 4.78 is 9.81. The third-order valence-electron chi connectivity index (χ3n) is 6.44. The van der Waals surface area contributed by atoms with E-state index in [1.54, 1.807) is 30.0 Å². The summed E-state index contributed by atoms with van der Waals surface area (Å²) in [5.74, 6) is 1.69. The Morgan fingerprint density at radius 1 is 1.21 bits per heavy atom. The van der Waals surface area contributed by atoms with Crippen molar-refractivity contribution in [2.24, 2.45) is 5.92 Å². The van der Waals surface area contributed by atoms with Gasteiger partial charge >= 0.3 is 0 Å². The first-order chi connectivity index (χ1) is 15.9. The zero-order valence-electron chi connectivity index (χ0n) is 19.3. The molecule has 8 heteroatoms. The molecule has 0 aliphatic carbocycles. The lowest BCUT2D eigenvalue weighted by Gasteiger charge is -2.15. The molecule has 4 aromatic rings. The van der Waals surface area contributed by atoms with Gasteiger partial charge in [-0.1, -0.05) is 6.92 Å². The van der Waals surface area contributed by atoms with Gasteiger partial charge in [0.05, 0.1) is 11.8 Å². The fourth-order valence-corrected chi connectivity index (χ4v) is 4.70. The third-order valence-corrected chi connectivity index (χ3v) is 6.44. The van der Waals surface area contributed by atoms with Gasteiger partial charge in [-0.05, 0) is 49.4 Å². The highest BCUT2D eigenvalue weighted by molar-refractivity contribution is 5.98. The van der Waals surface area contributed by atoms with Crippen LogP contribution in [0.3, 0.4) is 0 Å². The summed E-state index contributed by atoms with van der Waals surface area (Å²) in [6.45, 7) is 7.60. The van der Waals surface area contributed by atoms with Crippen molar-refractivity contribution in [3.05, 3.63) is 65.2 Å². The second-order valence-electron chi connectivity index (χ2n) is 8.82. The molecule has 0 aromatic carbocycles. The van der Waals surface area contributed by atoms with E-state index in [1.807, 2.05) is 47.5 Å². The molecular formula is C25H27N5O3. The summed E-state index contributed by atoms with van der Waals surface area (Å²) in [5, 5.41) is 7.08. The Hall–Kier alpha value is -3.81. The van der Waals surface area contributed by atoms with Gasteiger partial charge in [-0.25, -0.2) is 4.52 Å². The molecule has 1 aliphatic rings. The first-order valence-electron chi connectivity index (χ1n) is 11.1. The number of aromatic nitrogens is 3. The fourth-order valence-electron chi connectivity index (χ4n) is 4.70. The Morgan fingerprint density at radius 2 is 2.03 bits per heavy atom. The van der Waals surface area contributed by atoms with E-state index in [0.29, 0.717) is 28.7 Å². The second kappa shape index (κ2) is 7.95. The van der Waals surface area contributed by atoms with Crippen molar-refractivity contribution < 1.29 is 14.3 Å². The Morgan fingerprint density at radius 3 is 2.76 bits per heavy atom. The summed E-state index contributed by atoms with van der Waals surface area (Å²) in [5.41, 5.74) is 4.63. The van der Waals surface area contributed by atoms with Crippen molar-refractivity contribution in [2.75, 3.05) is 20.1 Å². The van der Waals surface area contributed by atoms with Crippen LogP contribution in [0.4, 0.5) is 0 Å². The predicted molar refractivity (Wildman–Crippen MR) is 125 cm³/mol. The molecule has 1 aliphatic heterocycles. The van der Waals surface area contributed by atoms with Gasteiger partial charge in [-0.15, -0.1) is 0 Å². The molecule has 5 rings (SSSR count). The standard InChI is InChI=1S/C25H27N5O3/c1-15-6-9-28(13-15)25(32)20-14-30-23(17(20)3)21(5-8-27-30)33-19-7-10-29-18(12-19)11-16(2)22(29)24(31)26-4/h5,7-8,10-12,14-15H,6,9,13H2,1-4H3,(H,26,31). The number of hydrogen-bond acceptors (Lipinski definition) is 4. The number of aryl methyl sites for hydroxylation is 2. The van der Waals surface area contributed by atoms with Gasteiger partial charge in [0, 0.05) is 50.2 Å². The molecule has 170 valence electrons. The molecule has 5 heterocycles. The smallest absolute Gasteiger partial charge is 0.268 e. The lowest BCUT2D eigenvalue weighted by atomic mass is 10.1. The second-order valence-corrected chi connectivity index (χ2v) is 8.82. The van der Waals surface area contributed by atoms with Crippen molar-refractivity contribution in [3.8, 4) is 11.5 Å². The molecule has 8 nitrogen and oxygen atoms in total. The summed E-state index contributed by atoms with van der Waals surface area (Å²) in [6, 6.07) is 7.48. The number of amides is 2. The number of nitrogens with zero attached hydrogens (tertiary/aromatic N) is 4. The zero-order chi connectivity index (χ0) is 23.3. The van der Waals surface area contributed by atoms with Gasteiger partial charge in [-0.2, -0.15) is 5.10 Å². The molecule has 0 bridgehead atoms. The van der Waals surface area contributed by atoms with Crippen molar-refractivity contribution in [1.82, 2.24) is 24.2 Å². The third kappa shape index (κ3) is 3.51. The Balaban J connectivity index is 1.50. The largest absolute Gasteiger partial charge is 0.455 e. The SMILES string of the molecule is CNC(=O)c1c(C)cc2cc(Oc3ccnn4cc(C(=O)N5CCC(C)C5)c(C)c34)ccn12. The molecule has 0 spiro atoms. The number of nitrogens with one attached hydrogen (secondary N) is 1. The maximum Gasteiger partial charge on any atom is 0.268 e. The van der Waals surface area contributed by atoms with Crippen LogP contribution >= 0.6 is 0 Å². The van der Waals surface area contributed by atoms with Crippen LogP contribution in [0.5, 0.6) is 11.5 Å². The Bertz CT molecular complexity index is 1400. The molecule has 1 atom stereocenters. The van der Waals surface area contributed by atoms with Crippen molar-refractivity contribution in [1.29, 1.82) is 0 Å². The summed E-state index contributed by atoms with van der Waals surface area (Å²) in [7, 11) is 1.62. The lowest BCUT2D eigenvalue weighted by Crippen LogP contribution is -2.28. The summed E-state index contributed by atoms with van der Waals surface area (Å²) in [6.07, 6.45) is 6.32. The van der Waals surface area contributed by atoms with E-state index >= 15 is 0 Å². The maximum atomic E-state index is 13.1. The average molecular weight is 446 g/mol. The molecular weight excluding hydrogens is 418 g/mol. The Labute approximate surface area is 191 Å². The number of hydrogen-bond donors (Lipinski definition) is 1. The van der Waals surface area contributed by atoms with E-state index in [9.17, 15) is 9.59 Å². The highest BCUT2D eigenvalue weighted by atomic mass is 16.5. The molecule has 1 fully saturated rings. The van der Waals surface area contributed by atoms with E-state index in [1.165, 1.54) is 0 Å². The molecule has 4 aromatic heterocycles. The summed E-state index contributed by atoms with van der Waals surface area (Å²) >= 11 is 0. The van der Waals surface area contributed by atoms with Crippen LogP contribution in [-0.4, -0.2) is 50.9 Å². The van der Waals surface area contributed by atoms with Crippen molar-refractivity contribution in [3.63, 3.8) is 0 Å². The number of ether oxygens (including phenoxy) is 1. The van der Waals surface area contributed by atoms with E-state index in [-0.39, 0.29) is 11.8 Å². The van der Waals surface area contributed by atoms with Gasteiger partial charge < -0.3 is 19.4 Å². The van der Waals surface area contributed by atoms with Crippen LogP contribution in [0.1, 0.15) is 45.3 Å². The number of fused-ring (bicyclic) bond motifs is 2. The van der Waals surface area contributed by atoms with Crippen LogP contribution in [0.15, 0.2) is 42.9 Å². The minimum Gasteiger partial charge on any atom is -0.455 e. The van der Waals surface area contributed by atoms with E-state index in [0.717, 1.165) is 41.7 Å². The minimum absolute atomic E-state index is 0.0418. The van der Waals surface area contributed by atoms with Crippen molar-refractivity contribution >= 4 is 22.8 Å². The number of pyridine rings is 1. The van der Waals surface area contributed by atoms with Gasteiger partial charge in [0.15, 0.2) is 5.75 Å².